The van der Waals surface area contributed by atoms with E-state index < -0.39 is 10.0 Å². The molecule has 0 amide bonds. The zero-order valence-electron chi connectivity index (χ0n) is 13.0. The quantitative estimate of drug-likeness (QED) is 0.599. The molecule has 10 heteroatoms. The molecular formula is C14H17N7O2S. The van der Waals surface area contributed by atoms with Gasteiger partial charge in [0.25, 0.3) is 10.0 Å². The maximum atomic E-state index is 12.0. The first-order valence-electron chi connectivity index (χ1n) is 7.21. The van der Waals surface area contributed by atoms with Gasteiger partial charge in [0.2, 0.25) is 0 Å². The van der Waals surface area contributed by atoms with Crippen LogP contribution in [0.25, 0.3) is 5.82 Å². The maximum Gasteiger partial charge on any atom is 0.259 e. The van der Waals surface area contributed by atoms with Crippen molar-refractivity contribution in [1.82, 2.24) is 28.8 Å². The number of nitrogens with one attached hydrogen (secondary N) is 2. The van der Waals surface area contributed by atoms with Gasteiger partial charge in [-0.15, -0.1) is 0 Å². The molecule has 2 N–H and O–H groups in total. The van der Waals surface area contributed by atoms with Gasteiger partial charge in [-0.3, -0.25) is 0 Å². The Balaban J connectivity index is 1.54. The highest BCUT2D eigenvalue weighted by Crippen LogP contribution is 2.09. The number of aromatic nitrogens is 5. The summed E-state index contributed by atoms with van der Waals surface area (Å²) in [5, 5.41) is 3.06. The van der Waals surface area contributed by atoms with Crippen molar-refractivity contribution in [2.24, 2.45) is 7.05 Å². The summed E-state index contributed by atoms with van der Waals surface area (Å²) in [5.41, 5.74) is 0. The third-order valence-corrected chi connectivity index (χ3v) is 4.55. The zero-order chi connectivity index (χ0) is 17.0. The molecule has 9 nitrogen and oxygen atoms in total. The van der Waals surface area contributed by atoms with E-state index in [-0.39, 0.29) is 11.6 Å². The Morgan fingerprint density at radius 3 is 2.62 bits per heavy atom. The maximum absolute atomic E-state index is 12.0. The standard InChI is InChI=1S/C14H17N7O2S/c1-20-9-14(18-11-20)24(22,23)19-5-4-15-12-8-13(17-10-16-12)21-6-2-3-7-21/h2-3,6-11,19H,4-5H2,1H3,(H,15,16,17). The predicted molar refractivity (Wildman–Crippen MR) is 88.2 cm³/mol. The summed E-state index contributed by atoms with van der Waals surface area (Å²) in [7, 11) is -1.88. The second-order valence-electron chi connectivity index (χ2n) is 5.05. The summed E-state index contributed by atoms with van der Waals surface area (Å²) in [6.07, 6.45) is 8.11. The van der Waals surface area contributed by atoms with Gasteiger partial charge in [0.15, 0.2) is 5.03 Å². The topological polar surface area (TPSA) is 107 Å². The minimum Gasteiger partial charge on any atom is -0.369 e. The van der Waals surface area contributed by atoms with Crippen LogP contribution in [0.1, 0.15) is 0 Å². The number of hydrogen-bond donors (Lipinski definition) is 2. The van der Waals surface area contributed by atoms with Gasteiger partial charge in [-0.1, -0.05) is 0 Å². The molecule has 0 aliphatic rings. The van der Waals surface area contributed by atoms with E-state index in [0.29, 0.717) is 12.4 Å². The number of anilines is 1. The second-order valence-corrected chi connectivity index (χ2v) is 6.77. The molecule has 3 rings (SSSR count). The number of imidazole rings is 1. The Morgan fingerprint density at radius 2 is 1.92 bits per heavy atom. The van der Waals surface area contributed by atoms with E-state index in [1.54, 1.807) is 17.7 Å². The van der Waals surface area contributed by atoms with Crippen molar-refractivity contribution in [3.63, 3.8) is 0 Å². The van der Waals surface area contributed by atoms with Crippen LogP contribution < -0.4 is 10.0 Å². The van der Waals surface area contributed by atoms with Crippen molar-refractivity contribution in [1.29, 1.82) is 0 Å². The summed E-state index contributed by atoms with van der Waals surface area (Å²) in [6, 6.07) is 5.59. The van der Waals surface area contributed by atoms with E-state index in [1.165, 1.54) is 18.9 Å². The van der Waals surface area contributed by atoms with Crippen molar-refractivity contribution in [3.8, 4) is 5.82 Å². The SMILES string of the molecule is Cn1cnc(S(=O)(=O)NCCNc2cc(-n3cccc3)ncn2)c1. The minimum atomic E-state index is -3.60. The second kappa shape index (κ2) is 6.81. The number of aryl methyl sites for hydroxylation is 1. The Hall–Kier alpha value is -2.72. The molecule has 3 aromatic heterocycles. The van der Waals surface area contributed by atoms with Crippen molar-refractivity contribution in [2.45, 2.75) is 5.03 Å². The molecule has 24 heavy (non-hydrogen) atoms. The number of sulfonamides is 1. The highest BCUT2D eigenvalue weighted by Gasteiger charge is 2.15. The third-order valence-electron chi connectivity index (χ3n) is 3.20. The lowest BCUT2D eigenvalue weighted by atomic mass is 10.5. The lowest BCUT2D eigenvalue weighted by Crippen LogP contribution is -2.29. The van der Waals surface area contributed by atoms with Crippen LogP contribution in [0.3, 0.4) is 0 Å². The van der Waals surface area contributed by atoms with Crippen LogP contribution in [0.15, 0.2) is 54.5 Å². The van der Waals surface area contributed by atoms with Crippen molar-refractivity contribution in [2.75, 3.05) is 18.4 Å². The van der Waals surface area contributed by atoms with Gasteiger partial charge >= 0.3 is 0 Å². The van der Waals surface area contributed by atoms with Crippen LogP contribution in [0.5, 0.6) is 0 Å². The normalized spacial score (nSPS) is 11.5. The summed E-state index contributed by atoms with van der Waals surface area (Å²) in [4.78, 5) is 12.1. The fraction of sp³-hybridized carbons (Fsp3) is 0.214. The summed E-state index contributed by atoms with van der Waals surface area (Å²) in [6.45, 7) is 0.593. The van der Waals surface area contributed by atoms with Crippen LogP contribution in [-0.2, 0) is 17.1 Å². The van der Waals surface area contributed by atoms with Crippen molar-refractivity contribution in [3.05, 3.63) is 49.4 Å². The largest absolute Gasteiger partial charge is 0.369 e. The highest BCUT2D eigenvalue weighted by molar-refractivity contribution is 7.89. The Morgan fingerprint density at radius 1 is 1.12 bits per heavy atom. The molecule has 0 spiro atoms. The van der Waals surface area contributed by atoms with E-state index in [9.17, 15) is 8.42 Å². The average Bonchev–Trinajstić information content (AvgIpc) is 3.23. The van der Waals surface area contributed by atoms with Gasteiger partial charge in [0.05, 0.1) is 6.33 Å². The van der Waals surface area contributed by atoms with Gasteiger partial charge in [-0.2, -0.15) is 0 Å². The molecule has 0 aromatic carbocycles. The molecule has 0 bridgehead atoms. The predicted octanol–water partition coefficient (Wildman–Crippen LogP) is 0.391. The molecule has 126 valence electrons. The molecule has 3 heterocycles. The van der Waals surface area contributed by atoms with E-state index in [2.05, 4.69) is 25.0 Å². The number of hydrogen-bond acceptors (Lipinski definition) is 6. The molecule has 0 aliphatic carbocycles. The van der Waals surface area contributed by atoms with E-state index >= 15 is 0 Å². The molecule has 0 fully saturated rings. The fourth-order valence-corrected chi connectivity index (χ4v) is 3.06. The molecule has 0 saturated carbocycles. The van der Waals surface area contributed by atoms with Crippen molar-refractivity contribution >= 4 is 15.8 Å². The summed E-state index contributed by atoms with van der Waals surface area (Å²) < 4.78 is 30.0. The van der Waals surface area contributed by atoms with Crippen LogP contribution >= 0.6 is 0 Å². The smallest absolute Gasteiger partial charge is 0.259 e. The fourth-order valence-electron chi connectivity index (χ4n) is 2.05. The Bertz CT molecular complexity index is 903. The first kappa shape index (κ1) is 16.1. The van der Waals surface area contributed by atoms with Crippen LogP contribution in [-0.4, -0.2) is 45.6 Å². The molecule has 0 radical (unpaired) electrons. The van der Waals surface area contributed by atoms with Gasteiger partial charge in [-0.25, -0.2) is 28.1 Å². The summed E-state index contributed by atoms with van der Waals surface area (Å²) >= 11 is 0. The monoisotopic (exact) mass is 347 g/mol. The van der Waals surface area contributed by atoms with Crippen LogP contribution in [0, 0.1) is 0 Å². The minimum absolute atomic E-state index is 0.00179. The van der Waals surface area contributed by atoms with E-state index in [4.69, 9.17) is 0 Å². The Labute approximate surface area is 139 Å². The lowest BCUT2D eigenvalue weighted by Gasteiger charge is -2.08. The van der Waals surface area contributed by atoms with Gasteiger partial charge in [0, 0.05) is 44.8 Å². The first-order chi connectivity index (χ1) is 11.5. The van der Waals surface area contributed by atoms with Crippen molar-refractivity contribution < 1.29 is 8.42 Å². The third kappa shape index (κ3) is 3.78. The molecule has 0 atom stereocenters. The molecule has 0 aliphatic heterocycles. The van der Waals surface area contributed by atoms with Gasteiger partial charge in [0.1, 0.15) is 18.0 Å². The highest BCUT2D eigenvalue weighted by atomic mass is 32.2. The molecular weight excluding hydrogens is 330 g/mol. The van der Waals surface area contributed by atoms with Crippen LogP contribution in [0.4, 0.5) is 5.82 Å². The van der Waals surface area contributed by atoms with Crippen LogP contribution in [0.2, 0.25) is 0 Å². The molecule has 0 saturated heterocycles. The first-order valence-corrected chi connectivity index (χ1v) is 8.70. The average molecular weight is 347 g/mol. The zero-order valence-corrected chi connectivity index (χ0v) is 13.8. The van der Waals surface area contributed by atoms with Gasteiger partial charge in [-0.05, 0) is 12.1 Å². The van der Waals surface area contributed by atoms with E-state index in [1.807, 2.05) is 29.1 Å². The Kier molecular flexibility index (Phi) is 4.58. The molecule has 0 unspecified atom stereocenters. The molecule has 3 aromatic rings. The number of rotatable bonds is 7. The lowest BCUT2D eigenvalue weighted by molar-refractivity contribution is 0.579. The summed E-state index contributed by atoms with van der Waals surface area (Å²) in [5.74, 6) is 1.34. The van der Waals surface area contributed by atoms with E-state index in [0.717, 1.165) is 5.82 Å². The van der Waals surface area contributed by atoms with Gasteiger partial charge < -0.3 is 14.5 Å². The number of nitrogens with zero attached hydrogens (tertiary/aromatic N) is 5.